The van der Waals surface area contributed by atoms with Crippen molar-refractivity contribution in [2.75, 3.05) is 19.7 Å². The van der Waals surface area contributed by atoms with Crippen LogP contribution in [0.4, 0.5) is 0 Å². The molecule has 0 aliphatic carbocycles. The van der Waals surface area contributed by atoms with Gasteiger partial charge in [-0.25, -0.2) is 4.79 Å². The van der Waals surface area contributed by atoms with Gasteiger partial charge in [-0.3, -0.25) is 14.2 Å². The standard InChI is InChI=1S/C15H23N3O4/c1-3-7-22-12-5-4-6-18(10-12)13(19)8-11-9-16-15(21)17(2)14(11)20/h9,12H,3-8,10H2,1-2H3,(H,16,21). The molecule has 1 aliphatic rings. The molecule has 2 heterocycles. The van der Waals surface area contributed by atoms with Crippen molar-refractivity contribution in [2.24, 2.45) is 7.05 Å². The van der Waals surface area contributed by atoms with Gasteiger partial charge in [0.05, 0.1) is 12.5 Å². The lowest BCUT2D eigenvalue weighted by Gasteiger charge is -2.32. The molecule has 1 aromatic rings. The first-order valence-electron chi connectivity index (χ1n) is 7.70. The monoisotopic (exact) mass is 309 g/mol. The van der Waals surface area contributed by atoms with Gasteiger partial charge in [-0.05, 0) is 19.3 Å². The fourth-order valence-corrected chi connectivity index (χ4v) is 2.60. The van der Waals surface area contributed by atoms with Crippen molar-refractivity contribution in [1.29, 1.82) is 0 Å². The fraction of sp³-hybridized carbons (Fsp3) is 0.667. The number of ether oxygens (including phenoxy) is 1. The van der Waals surface area contributed by atoms with Gasteiger partial charge in [-0.1, -0.05) is 6.92 Å². The first-order chi connectivity index (χ1) is 10.5. The van der Waals surface area contributed by atoms with Crippen molar-refractivity contribution < 1.29 is 9.53 Å². The van der Waals surface area contributed by atoms with E-state index in [1.165, 1.54) is 13.2 Å². The van der Waals surface area contributed by atoms with Gasteiger partial charge in [0.15, 0.2) is 0 Å². The van der Waals surface area contributed by atoms with E-state index in [9.17, 15) is 14.4 Å². The van der Waals surface area contributed by atoms with Gasteiger partial charge >= 0.3 is 5.69 Å². The Morgan fingerprint density at radius 3 is 2.95 bits per heavy atom. The lowest BCUT2D eigenvalue weighted by molar-refractivity contribution is -0.134. The molecule has 1 amide bonds. The van der Waals surface area contributed by atoms with Gasteiger partial charge in [0, 0.05) is 38.5 Å². The Hall–Kier alpha value is -1.89. The van der Waals surface area contributed by atoms with Crippen LogP contribution in [0.3, 0.4) is 0 Å². The first kappa shape index (κ1) is 16.5. The molecule has 22 heavy (non-hydrogen) atoms. The van der Waals surface area contributed by atoms with Crippen LogP contribution in [0.5, 0.6) is 0 Å². The molecule has 0 spiro atoms. The zero-order valence-electron chi connectivity index (χ0n) is 13.1. The second-order valence-electron chi connectivity index (χ2n) is 5.63. The van der Waals surface area contributed by atoms with E-state index in [1.54, 1.807) is 4.90 Å². The van der Waals surface area contributed by atoms with Gasteiger partial charge in [0.1, 0.15) is 0 Å². The predicted molar refractivity (Wildman–Crippen MR) is 81.9 cm³/mol. The predicted octanol–water partition coefficient (Wildman–Crippen LogP) is 0.0337. The van der Waals surface area contributed by atoms with E-state index in [-0.39, 0.29) is 18.4 Å². The van der Waals surface area contributed by atoms with Crippen molar-refractivity contribution >= 4 is 5.91 Å². The number of likely N-dealkylation sites (tertiary alicyclic amines) is 1. The topological polar surface area (TPSA) is 84.4 Å². The SMILES string of the molecule is CCCOC1CCCN(C(=O)Cc2c[nH]c(=O)n(C)c2=O)C1. The van der Waals surface area contributed by atoms with Crippen LogP contribution in [0.2, 0.25) is 0 Å². The molecular weight excluding hydrogens is 286 g/mol. The number of nitrogens with zero attached hydrogens (tertiary/aromatic N) is 2. The summed E-state index contributed by atoms with van der Waals surface area (Å²) in [5.74, 6) is -0.103. The van der Waals surface area contributed by atoms with Crippen LogP contribution in [0.15, 0.2) is 15.8 Å². The van der Waals surface area contributed by atoms with Gasteiger partial charge < -0.3 is 14.6 Å². The second kappa shape index (κ2) is 7.40. The van der Waals surface area contributed by atoms with Gasteiger partial charge in [-0.15, -0.1) is 0 Å². The minimum absolute atomic E-state index is 0.00392. The summed E-state index contributed by atoms with van der Waals surface area (Å²) in [4.78, 5) is 39.9. The molecule has 0 radical (unpaired) electrons. The molecule has 0 aromatic carbocycles. The van der Waals surface area contributed by atoms with Crippen LogP contribution in [0.1, 0.15) is 31.7 Å². The third kappa shape index (κ3) is 3.85. The molecule has 0 saturated carbocycles. The van der Waals surface area contributed by atoms with Crippen molar-refractivity contribution in [3.63, 3.8) is 0 Å². The van der Waals surface area contributed by atoms with Crippen LogP contribution < -0.4 is 11.2 Å². The summed E-state index contributed by atoms with van der Waals surface area (Å²) >= 11 is 0. The Bertz CT molecular complexity index is 634. The van der Waals surface area contributed by atoms with E-state index < -0.39 is 11.2 Å². The van der Waals surface area contributed by atoms with Crippen LogP contribution >= 0.6 is 0 Å². The number of H-pyrrole nitrogens is 1. The molecule has 7 heteroatoms. The Morgan fingerprint density at radius 2 is 2.23 bits per heavy atom. The van der Waals surface area contributed by atoms with Gasteiger partial charge in [0.2, 0.25) is 5.91 Å². The zero-order chi connectivity index (χ0) is 16.1. The van der Waals surface area contributed by atoms with Crippen LogP contribution in [-0.2, 0) is 23.0 Å². The number of aromatic nitrogens is 2. The molecule has 122 valence electrons. The van der Waals surface area contributed by atoms with Crippen molar-refractivity contribution in [3.8, 4) is 0 Å². The molecule has 1 aromatic heterocycles. The number of piperidine rings is 1. The van der Waals surface area contributed by atoms with Crippen LogP contribution in [0.25, 0.3) is 0 Å². The molecule has 2 rings (SSSR count). The van der Waals surface area contributed by atoms with Crippen molar-refractivity contribution in [1.82, 2.24) is 14.5 Å². The van der Waals surface area contributed by atoms with E-state index in [0.717, 1.165) is 23.8 Å². The van der Waals surface area contributed by atoms with Crippen LogP contribution in [0, 0.1) is 0 Å². The van der Waals surface area contributed by atoms with Crippen LogP contribution in [-0.4, -0.2) is 46.2 Å². The van der Waals surface area contributed by atoms with E-state index >= 15 is 0 Å². The summed E-state index contributed by atoms with van der Waals surface area (Å²) < 4.78 is 6.69. The third-order valence-corrected chi connectivity index (χ3v) is 3.88. The zero-order valence-corrected chi connectivity index (χ0v) is 13.1. The van der Waals surface area contributed by atoms with Crippen molar-refractivity contribution in [3.05, 3.63) is 32.6 Å². The quantitative estimate of drug-likeness (QED) is 0.832. The number of carbonyl (C=O) groups excluding carboxylic acids is 1. The number of hydrogen-bond donors (Lipinski definition) is 1. The second-order valence-corrected chi connectivity index (χ2v) is 5.63. The average molecular weight is 309 g/mol. The maximum Gasteiger partial charge on any atom is 0.328 e. The molecule has 1 saturated heterocycles. The number of carbonyl (C=O) groups is 1. The summed E-state index contributed by atoms with van der Waals surface area (Å²) in [6, 6.07) is 0. The molecule has 1 atom stereocenters. The minimum Gasteiger partial charge on any atom is -0.376 e. The Balaban J connectivity index is 2.01. The summed E-state index contributed by atoms with van der Waals surface area (Å²) in [7, 11) is 1.39. The molecular formula is C15H23N3O4. The maximum atomic E-state index is 12.4. The van der Waals surface area contributed by atoms with E-state index in [2.05, 4.69) is 11.9 Å². The highest BCUT2D eigenvalue weighted by atomic mass is 16.5. The number of nitrogens with one attached hydrogen (secondary N) is 1. The number of amides is 1. The van der Waals surface area contributed by atoms with Crippen molar-refractivity contribution in [2.45, 2.75) is 38.7 Å². The number of aromatic amines is 1. The molecule has 1 aliphatic heterocycles. The van der Waals surface area contributed by atoms with Gasteiger partial charge in [0.25, 0.3) is 5.56 Å². The lowest BCUT2D eigenvalue weighted by Crippen LogP contribution is -2.45. The molecule has 1 unspecified atom stereocenters. The largest absolute Gasteiger partial charge is 0.376 e. The molecule has 7 nitrogen and oxygen atoms in total. The summed E-state index contributed by atoms with van der Waals surface area (Å²) in [5.41, 5.74) is -0.594. The molecule has 1 N–H and O–H groups in total. The highest BCUT2D eigenvalue weighted by Crippen LogP contribution is 2.14. The Labute approximate surface area is 128 Å². The highest BCUT2D eigenvalue weighted by Gasteiger charge is 2.24. The minimum atomic E-state index is -0.479. The first-order valence-corrected chi connectivity index (χ1v) is 7.70. The smallest absolute Gasteiger partial charge is 0.328 e. The molecule has 1 fully saturated rings. The fourth-order valence-electron chi connectivity index (χ4n) is 2.60. The number of rotatable bonds is 5. The Kier molecular flexibility index (Phi) is 5.54. The van der Waals surface area contributed by atoms with E-state index in [0.29, 0.717) is 25.3 Å². The maximum absolute atomic E-state index is 12.4. The van der Waals surface area contributed by atoms with Gasteiger partial charge in [-0.2, -0.15) is 0 Å². The Morgan fingerprint density at radius 1 is 1.45 bits per heavy atom. The van der Waals surface area contributed by atoms with E-state index in [1.807, 2.05) is 0 Å². The summed E-state index contributed by atoms with van der Waals surface area (Å²) in [5, 5.41) is 0. The number of hydrogen-bond acceptors (Lipinski definition) is 4. The lowest BCUT2D eigenvalue weighted by atomic mass is 10.1. The average Bonchev–Trinajstić information content (AvgIpc) is 2.53. The third-order valence-electron chi connectivity index (χ3n) is 3.88. The summed E-state index contributed by atoms with van der Waals surface area (Å²) in [6.07, 6.45) is 4.24. The summed E-state index contributed by atoms with van der Waals surface area (Å²) in [6.45, 7) is 4.02. The van der Waals surface area contributed by atoms with E-state index in [4.69, 9.17) is 4.74 Å². The normalized spacial score (nSPS) is 18.5. The highest BCUT2D eigenvalue weighted by molar-refractivity contribution is 5.78. The molecule has 0 bridgehead atoms.